The Kier molecular flexibility index (Phi) is 3.91. The van der Waals surface area contributed by atoms with E-state index in [-0.39, 0.29) is 6.04 Å². The number of halogens is 1. The fourth-order valence-corrected chi connectivity index (χ4v) is 1.96. The van der Waals surface area contributed by atoms with Gasteiger partial charge < -0.3 is 9.73 Å². The monoisotopic (exact) mass is 260 g/mol. The van der Waals surface area contributed by atoms with E-state index in [1.165, 1.54) is 0 Å². The Morgan fingerprint density at radius 3 is 2.89 bits per heavy atom. The zero-order chi connectivity index (χ0) is 13.0. The molecule has 0 saturated heterocycles. The van der Waals surface area contributed by atoms with Crippen LogP contribution in [0.4, 0.5) is 5.69 Å². The smallest absolute Gasteiger partial charge is 0.125 e. The van der Waals surface area contributed by atoms with Gasteiger partial charge in [-0.25, -0.2) is 0 Å². The van der Waals surface area contributed by atoms with Crippen molar-refractivity contribution in [2.45, 2.75) is 19.4 Å². The minimum absolute atomic E-state index is 0.0329. The van der Waals surface area contributed by atoms with Gasteiger partial charge in [0.15, 0.2) is 0 Å². The van der Waals surface area contributed by atoms with Gasteiger partial charge in [0.1, 0.15) is 11.8 Å². The fourth-order valence-electron chi connectivity index (χ4n) is 1.79. The number of rotatable bonds is 4. The quantitative estimate of drug-likeness (QED) is 0.888. The fraction of sp³-hybridized carbons (Fsp3) is 0.214. The van der Waals surface area contributed by atoms with E-state index in [1.807, 2.05) is 12.1 Å². The van der Waals surface area contributed by atoms with Crippen LogP contribution in [0, 0.1) is 11.3 Å². The van der Waals surface area contributed by atoms with Crippen LogP contribution in [0.15, 0.2) is 41.0 Å². The highest BCUT2D eigenvalue weighted by atomic mass is 35.5. The van der Waals surface area contributed by atoms with Crippen molar-refractivity contribution in [1.29, 1.82) is 5.26 Å². The van der Waals surface area contributed by atoms with Gasteiger partial charge in [0.2, 0.25) is 0 Å². The van der Waals surface area contributed by atoms with Crippen LogP contribution in [0.5, 0.6) is 0 Å². The molecule has 4 heteroatoms. The molecule has 1 atom stereocenters. The molecule has 92 valence electrons. The van der Waals surface area contributed by atoms with Gasteiger partial charge in [-0.2, -0.15) is 5.26 Å². The Bertz CT molecular complexity index is 558. The van der Waals surface area contributed by atoms with Crippen LogP contribution in [-0.2, 0) is 0 Å². The Labute approximate surface area is 111 Å². The second kappa shape index (κ2) is 5.61. The molecule has 0 aliphatic rings. The SMILES string of the molecule is CCC(Nc1cc(Cl)ccc1C#N)c1ccco1. The Hall–Kier alpha value is -1.92. The molecule has 1 aromatic carbocycles. The Balaban J connectivity index is 2.27. The first kappa shape index (κ1) is 12.5. The first-order chi connectivity index (χ1) is 8.74. The van der Waals surface area contributed by atoms with Crippen LogP contribution in [0.1, 0.15) is 30.7 Å². The molecule has 2 aromatic rings. The molecule has 0 spiro atoms. The maximum atomic E-state index is 9.07. The van der Waals surface area contributed by atoms with Gasteiger partial charge >= 0.3 is 0 Å². The summed E-state index contributed by atoms with van der Waals surface area (Å²) < 4.78 is 5.38. The Morgan fingerprint density at radius 1 is 1.44 bits per heavy atom. The normalized spacial score (nSPS) is 11.8. The predicted molar refractivity (Wildman–Crippen MR) is 71.5 cm³/mol. The van der Waals surface area contributed by atoms with E-state index in [1.54, 1.807) is 24.5 Å². The summed E-state index contributed by atoms with van der Waals surface area (Å²) in [6, 6.07) is 11.1. The molecule has 0 aliphatic heterocycles. The molecule has 0 bridgehead atoms. The third kappa shape index (κ3) is 2.66. The van der Waals surface area contributed by atoms with Gasteiger partial charge in [-0.15, -0.1) is 0 Å². The molecule has 2 rings (SSSR count). The van der Waals surface area contributed by atoms with Gasteiger partial charge in [0.25, 0.3) is 0 Å². The first-order valence-corrected chi connectivity index (χ1v) is 6.12. The highest BCUT2D eigenvalue weighted by Gasteiger charge is 2.13. The maximum Gasteiger partial charge on any atom is 0.125 e. The first-order valence-electron chi connectivity index (χ1n) is 5.74. The summed E-state index contributed by atoms with van der Waals surface area (Å²) in [5, 5.41) is 13.0. The van der Waals surface area contributed by atoms with Crippen LogP contribution in [0.3, 0.4) is 0 Å². The number of hydrogen-bond acceptors (Lipinski definition) is 3. The van der Waals surface area contributed by atoms with E-state index >= 15 is 0 Å². The van der Waals surface area contributed by atoms with Gasteiger partial charge in [-0.1, -0.05) is 18.5 Å². The molecule has 0 fully saturated rings. The molecular formula is C14H13ClN2O. The summed E-state index contributed by atoms with van der Waals surface area (Å²) in [7, 11) is 0. The number of hydrogen-bond donors (Lipinski definition) is 1. The third-order valence-electron chi connectivity index (χ3n) is 2.73. The molecule has 0 radical (unpaired) electrons. The van der Waals surface area contributed by atoms with Crippen molar-refractivity contribution in [3.05, 3.63) is 52.9 Å². The van der Waals surface area contributed by atoms with Crippen LogP contribution in [-0.4, -0.2) is 0 Å². The zero-order valence-electron chi connectivity index (χ0n) is 9.98. The number of anilines is 1. The van der Waals surface area contributed by atoms with Gasteiger partial charge in [0, 0.05) is 5.02 Å². The Morgan fingerprint density at radius 2 is 2.28 bits per heavy atom. The summed E-state index contributed by atoms with van der Waals surface area (Å²) in [6.07, 6.45) is 2.49. The lowest BCUT2D eigenvalue weighted by Crippen LogP contribution is -2.09. The summed E-state index contributed by atoms with van der Waals surface area (Å²) in [6.45, 7) is 2.05. The summed E-state index contributed by atoms with van der Waals surface area (Å²) in [5.41, 5.74) is 1.30. The van der Waals surface area contributed by atoms with Crippen LogP contribution < -0.4 is 5.32 Å². The molecule has 1 heterocycles. The minimum atomic E-state index is 0.0329. The lowest BCUT2D eigenvalue weighted by atomic mass is 10.1. The zero-order valence-corrected chi connectivity index (χ0v) is 10.7. The highest BCUT2D eigenvalue weighted by molar-refractivity contribution is 6.30. The van der Waals surface area contributed by atoms with Crippen molar-refractivity contribution in [2.75, 3.05) is 5.32 Å². The van der Waals surface area contributed by atoms with Crippen molar-refractivity contribution in [1.82, 2.24) is 0 Å². The van der Waals surface area contributed by atoms with Crippen molar-refractivity contribution in [3.63, 3.8) is 0 Å². The van der Waals surface area contributed by atoms with Crippen molar-refractivity contribution in [2.24, 2.45) is 0 Å². The van der Waals surface area contributed by atoms with Crippen LogP contribution in [0.25, 0.3) is 0 Å². The molecule has 0 amide bonds. The van der Waals surface area contributed by atoms with Crippen molar-refractivity contribution >= 4 is 17.3 Å². The molecule has 0 saturated carbocycles. The van der Waals surface area contributed by atoms with Crippen molar-refractivity contribution in [3.8, 4) is 6.07 Å². The average Bonchev–Trinajstić information content (AvgIpc) is 2.90. The molecular weight excluding hydrogens is 248 g/mol. The molecule has 1 unspecified atom stereocenters. The van der Waals surface area contributed by atoms with E-state index in [4.69, 9.17) is 21.3 Å². The number of nitrogens with zero attached hydrogens (tertiary/aromatic N) is 1. The maximum absolute atomic E-state index is 9.07. The third-order valence-corrected chi connectivity index (χ3v) is 2.96. The lowest BCUT2D eigenvalue weighted by molar-refractivity contribution is 0.474. The second-order valence-electron chi connectivity index (χ2n) is 3.92. The van der Waals surface area contributed by atoms with Gasteiger partial charge in [-0.3, -0.25) is 0 Å². The summed E-state index contributed by atoms with van der Waals surface area (Å²) in [5.74, 6) is 0.848. The average molecular weight is 261 g/mol. The number of nitrogens with one attached hydrogen (secondary N) is 1. The van der Waals surface area contributed by atoms with Gasteiger partial charge in [0.05, 0.1) is 23.6 Å². The van der Waals surface area contributed by atoms with Crippen molar-refractivity contribution < 1.29 is 4.42 Å². The summed E-state index contributed by atoms with van der Waals surface area (Å²) >= 11 is 5.95. The molecule has 3 nitrogen and oxygen atoms in total. The predicted octanol–water partition coefficient (Wildman–Crippen LogP) is 4.37. The largest absolute Gasteiger partial charge is 0.467 e. The lowest BCUT2D eigenvalue weighted by Gasteiger charge is -2.17. The second-order valence-corrected chi connectivity index (χ2v) is 4.36. The number of furan rings is 1. The van der Waals surface area contributed by atoms with E-state index in [0.717, 1.165) is 17.9 Å². The molecule has 0 aliphatic carbocycles. The summed E-state index contributed by atoms with van der Waals surface area (Å²) in [4.78, 5) is 0. The van der Waals surface area contributed by atoms with E-state index in [2.05, 4.69) is 18.3 Å². The topological polar surface area (TPSA) is 49.0 Å². The minimum Gasteiger partial charge on any atom is -0.467 e. The number of nitriles is 1. The number of benzene rings is 1. The van der Waals surface area contributed by atoms with Crippen LogP contribution >= 0.6 is 11.6 Å². The molecule has 1 N–H and O–H groups in total. The van der Waals surface area contributed by atoms with E-state index < -0.39 is 0 Å². The van der Waals surface area contributed by atoms with Crippen LogP contribution in [0.2, 0.25) is 5.02 Å². The standard InChI is InChI=1S/C14H13ClN2O/c1-2-12(14-4-3-7-18-14)17-13-8-11(15)6-5-10(13)9-16/h3-8,12,17H,2H2,1H3. The highest BCUT2D eigenvalue weighted by Crippen LogP contribution is 2.27. The van der Waals surface area contributed by atoms with Gasteiger partial charge in [-0.05, 0) is 36.8 Å². The molecule has 1 aromatic heterocycles. The van der Waals surface area contributed by atoms with E-state index in [0.29, 0.717) is 10.6 Å². The van der Waals surface area contributed by atoms with E-state index in [9.17, 15) is 0 Å². The molecule has 18 heavy (non-hydrogen) atoms.